The van der Waals surface area contributed by atoms with E-state index < -0.39 is 0 Å². The minimum Gasteiger partial charge on any atom is -0.505 e. The molecule has 0 unspecified atom stereocenters. The van der Waals surface area contributed by atoms with E-state index in [1.807, 2.05) is 30.3 Å². The van der Waals surface area contributed by atoms with Crippen molar-refractivity contribution >= 4 is 34.5 Å². The fraction of sp³-hybridized carbons (Fsp3) is 0.292. The third kappa shape index (κ3) is 4.21. The highest BCUT2D eigenvalue weighted by Crippen LogP contribution is 2.34. The number of nitrogens with one attached hydrogen (secondary N) is 2. The molecule has 1 saturated heterocycles. The minimum absolute atomic E-state index is 0.0370. The van der Waals surface area contributed by atoms with Crippen LogP contribution in [0.1, 0.15) is 48.1 Å². The van der Waals surface area contributed by atoms with Crippen LogP contribution >= 0.6 is 0 Å². The van der Waals surface area contributed by atoms with E-state index in [-0.39, 0.29) is 34.6 Å². The summed E-state index contributed by atoms with van der Waals surface area (Å²) in [7, 11) is 0. The van der Waals surface area contributed by atoms with E-state index in [4.69, 9.17) is 4.63 Å². The van der Waals surface area contributed by atoms with Crippen molar-refractivity contribution in [1.82, 2.24) is 25.2 Å². The molecule has 0 spiro atoms. The Morgan fingerprint density at radius 1 is 1.03 bits per heavy atom. The Morgan fingerprint density at radius 2 is 1.74 bits per heavy atom. The fourth-order valence-electron chi connectivity index (χ4n) is 4.13. The van der Waals surface area contributed by atoms with Crippen LogP contribution in [0.5, 0.6) is 5.75 Å². The van der Waals surface area contributed by atoms with Crippen molar-refractivity contribution in [3.63, 3.8) is 0 Å². The van der Waals surface area contributed by atoms with Gasteiger partial charge in [0.25, 0.3) is 5.91 Å². The number of likely N-dealkylation sites (tertiary alicyclic amines) is 1. The molecule has 2 aromatic heterocycles. The van der Waals surface area contributed by atoms with Gasteiger partial charge in [-0.2, -0.15) is 0 Å². The van der Waals surface area contributed by atoms with Gasteiger partial charge in [-0.05, 0) is 47.3 Å². The van der Waals surface area contributed by atoms with E-state index in [1.54, 1.807) is 23.1 Å². The van der Waals surface area contributed by atoms with Crippen LogP contribution < -0.4 is 10.6 Å². The van der Waals surface area contributed by atoms with Gasteiger partial charge in [-0.25, -0.2) is 14.6 Å². The lowest BCUT2D eigenvalue weighted by atomic mass is 10.0. The summed E-state index contributed by atoms with van der Waals surface area (Å²) in [4.78, 5) is 23.7. The Kier molecular flexibility index (Phi) is 5.94. The minimum atomic E-state index is -0.186. The van der Waals surface area contributed by atoms with Crippen LogP contribution in [0, 0.1) is 0 Å². The highest BCUT2D eigenvalue weighted by atomic mass is 16.6. The van der Waals surface area contributed by atoms with Gasteiger partial charge in [-0.3, -0.25) is 4.79 Å². The van der Waals surface area contributed by atoms with Gasteiger partial charge in [-0.1, -0.05) is 43.3 Å². The lowest BCUT2D eigenvalue weighted by Gasteiger charge is -2.20. The number of rotatable bonds is 7. The normalized spacial score (nSPS) is 14.3. The van der Waals surface area contributed by atoms with Crippen molar-refractivity contribution in [2.75, 3.05) is 23.7 Å². The summed E-state index contributed by atoms with van der Waals surface area (Å²) in [6.45, 7) is 3.47. The number of para-hydroxylation sites is 1. The Hall–Kier alpha value is -4.21. The number of aromatic nitrogens is 4. The molecule has 0 radical (unpaired) electrons. The van der Waals surface area contributed by atoms with E-state index in [0.29, 0.717) is 30.4 Å². The number of anilines is 3. The summed E-state index contributed by atoms with van der Waals surface area (Å²) in [5, 5.41) is 25.1. The predicted octanol–water partition coefficient (Wildman–Crippen LogP) is 4.26. The molecule has 1 aliphatic rings. The predicted molar refractivity (Wildman–Crippen MR) is 127 cm³/mol. The molecular formula is C24H25N7O3. The molecule has 174 valence electrons. The van der Waals surface area contributed by atoms with Gasteiger partial charge in [0.2, 0.25) is 11.3 Å². The van der Waals surface area contributed by atoms with E-state index in [2.05, 4.69) is 37.8 Å². The fourth-order valence-corrected chi connectivity index (χ4v) is 4.13. The maximum absolute atomic E-state index is 12.9. The van der Waals surface area contributed by atoms with Crippen molar-refractivity contribution in [1.29, 1.82) is 0 Å². The maximum atomic E-state index is 12.9. The summed E-state index contributed by atoms with van der Waals surface area (Å²) >= 11 is 0. The number of aromatic hydroxyl groups is 1. The molecule has 0 aliphatic carbocycles. The second-order valence-electron chi connectivity index (χ2n) is 8.17. The molecule has 3 N–H and O–H groups in total. The van der Waals surface area contributed by atoms with Crippen molar-refractivity contribution in [2.45, 2.75) is 32.2 Å². The molecule has 5 rings (SSSR count). The zero-order chi connectivity index (χ0) is 23.5. The van der Waals surface area contributed by atoms with Crippen molar-refractivity contribution < 1.29 is 14.5 Å². The third-order valence-corrected chi connectivity index (χ3v) is 5.95. The topological polar surface area (TPSA) is 129 Å². The highest BCUT2D eigenvalue weighted by molar-refractivity contribution is 5.99. The van der Waals surface area contributed by atoms with Gasteiger partial charge < -0.3 is 20.6 Å². The summed E-state index contributed by atoms with van der Waals surface area (Å²) in [5.41, 5.74) is 2.17. The average Bonchev–Trinajstić information content (AvgIpc) is 3.56. The largest absolute Gasteiger partial charge is 0.505 e. The SMILES string of the molecule is CC[C@@H](Nc1nc2nonc2nc1Nc1cccc(C(=O)N2CCCC2)c1O)c1ccccc1. The molecular weight excluding hydrogens is 434 g/mol. The van der Waals surface area contributed by atoms with Crippen molar-refractivity contribution in [2.24, 2.45) is 0 Å². The third-order valence-electron chi connectivity index (χ3n) is 5.95. The summed E-state index contributed by atoms with van der Waals surface area (Å²) in [5.74, 6) is 0.434. The van der Waals surface area contributed by atoms with E-state index in [0.717, 1.165) is 24.8 Å². The van der Waals surface area contributed by atoms with E-state index >= 15 is 0 Å². The zero-order valence-corrected chi connectivity index (χ0v) is 18.7. The van der Waals surface area contributed by atoms with Crippen LogP contribution in [0.2, 0.25) is 0 Å². The summed E-state index contributed by atoms with van der Waals surface area (Å²) < 4.78 is 4.79. The first-order chi connectivity index (χ1) is 16.6. The molecule has 1 amide bonds. The number of phenols is 1. The molecule has 1 atom stereocenters. The van der Waals surface area contributed by atoms with Crippen LogP contribution in [-0.4, -0.2) is 49.3 Å². The van der Waals surface area contributed by atoms with Crippen LogP contribution in [0.3, 0.4) is 0 Å². The van der Waals surface area contributed by atoms with Crippen LogP contribution in [0.25, 0.3) is 11.3 Å². The van der Waals surface area contributed by atoms with Gasteiger partial charge in [-0.15, -0.1) is 0 Å². The second kappa shape index (κ2) is 9.34. The number of hydrogen-bond acceptors (Lipinski definition) is 9. The summed E-state index contributed by atoms with van der Waals surface area (Å²) in [6, 6.07) is 15.0. The van der Waals surface area contributed by atoms with Gasteiger partial charge >= 0.3 is 0 Å². The van der Waals surface area contributed by atoms with E-state index in [1.165, 1.54) is 0 Å². The molecule has 0 bridgehead atoms. The molecule has 4 aromatic rings. The number of carbonyl (C=O) groups is 1. The van der Waals surface area contributed by atoms with Crippen molar-refractivity contribution in [3.8, 4) is 5.75 Å². The lowest BCUT2D eigenvalue weighted by molar-refractivity contribution is 0.0790. The first kappa shape index (κ1) is 21.6. The summed E-state index contributed by atoms with van der Waals surface area (Å²) in [6.07, 6.45) is 2.74. The monoisotopic (exact) mass is 459 g/mol. The molecule has 2 aromatic carbocycles. The Morgan fingerprint density at radius 3 is 2.44 bits per heavy atom. The number of carbonyl (C=O) groups excluding carboxylic acids is 1. The number of amides is 1. The Balaban J connectivity index is 1.49. The van der Waals surface area contributed by atoms with Crippen LogP contribution in [-0.2, 0) is 0 Å². The number of fused-ring (bicyclic) bond motifs is 1. The molecule has 1 fully saturated rings. The number of nitrogens with zero attached hydrogens (tertiary/aromatic N) is 5. The second-order valence-corrected chi connectivity index (χ2v) is 8.17. The number of benzene rings is 2. The Labute approximate surface area is 196 Å². The number of phenolic OH excluding ortho intramolecular Hbond substituents is 1. The molecule has 1 aliphatic heterocycles. The first-order valence-corrected chi connectivity index (χ1v) is 11.3. The maximum Gasteiger partial charge on any atom is 0.257 e. The van der Waals surface area contributed by atoms with Gasteiger partial charge in [0, 0.05) is 13.1 Å². The van der Waals surface area contributed by atoms with Gasteiger partial charge in [0.15, 0.2) is 17.4 Å². The van der Waals surface area contributed by atoms with E-state index in [9.17, 15) is 9.90 Å². The smallest absolute Gasteiger partial charge is 0.257 e. The van der Waals surface area contributed by atoms with Gasteiger partial charge in [0.1, 0.15) is 0 Å². The lowest BCUT2D eigenvalue weighted by Crippen LogP contribution is -2.27. The molecule has 3 heterocycles. The molecule has 10 nitrogen and oxygen atoms in total. The number of hydrogen-bond donors (Lipinski definition) is 3. The van der Waals surface area contributed by atoms with Crippen LogP contribution in [0.15, 0.2) is 53.2 Å². The van der Waals surface area contributed by atoms with Crippen molar-refractivity contribution in [3.05, 3.63) is 59.7 Å². The molecule has 10 heteroatoms. The highest BCUT2D eigenvalue weighted by Gasteiger charge is 2.24. The quantitative estimate of drug-likeness (QED) is 0.347. The zero-order valence-electron chi connectivity index (χ0n) is 18.7. The average molecular weight is 460 g/mol. The standard InChI is InChI=1S/C24H25N7O3/c1-2-17(15-9-4-3-5-10-15)25-20-21(28-23-22(27-20)29-34-30-23)26-18-12-8-11-16(19(18)32)24(33)31-13-6-7-14-31/h3-5,8-12,17,32H,2,6-7,13-14H2,1H3,(H,25,27,29)(H,26,28,30)/t17-/m1/s1. The Bertz CT molecular complexity index is 1300. The first-order valence-electron chi connectivity index (χ1n) is 11.3. The molecule has 0 saturated carbocycles. The van der Waals surface area contributed by atoms with Gasteiger partial charge in [0.05, 0.1) is 17.3 Å². The van der Waals surface area contributed by atoms with Crippen LogP contribution in [0.4, 0.5) is 17.3 Å². The molecule has 34 heavy (non-hydrogen) atoms.